The number of sulfonamides is 1. The molecule has 0 unspecified atom stereocenters. The van der Waals surface area contributed by atoms with Gasteiger partial charge in [-0.05, 0) is 36.8 Å². The van der Waals surface area contributed by atoms with Gasteiger partial charge < -0.3 is 9.84 Å². The van der Waals surface area contributed by atoms with Crippen LogP contribution in [0.3, 0.4) is 0 Å². The van der Waals surface area contributed by atoms with Crippen molar-refractivity contribution in [2.45, 2.75) is 32.2 Å². The molecule has 0 aromatic heterocycles. The van der Waals surface area contributed by atoms with Gasteiger partial charge in [0, 0.05) is 24.9 Å². The van der Waals surface area contributed by atoms with Crippen LogP contribution in [0.5, 0.6) is 11.5 Å². The summed E-state index contributed by atoms with van der Waals surface area (Å²) in [6, 6.07) is 12.0. The topological polar surface area (TPSA) is 79.2 Å². The van der Waals surface area contributed by atoms with Crippen LogP contribution in [0.2, 0.25) is 0 Å². The molecule has 0 aliphatic rings. The molecule has 27 heavy (non-hydrogen) atoms. The lowest BCUT2D eigenvalue weighted by atomic mass is 10.2. The summed E-state index contributed by atoms with van der Waals surface area (Å²) in [5.41, 5.74) is 1.45. The first-order valence-electron chi connectivity index (χ1n) is 8.97. The number of ether oxygens (including phenoxy) is 1. The Labute approximate surface area is 161 Å². The first kappa shape index (κ1) is 20.9. The predicted octanol–water partition coefficient (Wildman–Crippen LogP) is 3.44. The fourth-order valence-corrected chi connectivity index (χ4v) is 4.10. The van der Waals surface area contributed by atoms with Crippen LogP contribution in [-0.2, 0) is 16.6 Å². The van der Waals surface area contributed by atoms with Gasteiger partial charge in [-0.15, -0.1) is 0 Å². The van der Waals surface area contributed by atoms with Gasteiger partial charge in [0.05, 0.1) is 18.0 Å². The Bertz CT molecular complexity index is 873. The van der Waals surface area contributed by atoms with Crippen molar-refractivity contribution < 1.29 is 18.3 Å². The molecule has 0 spiro atoms. The lowest BCUT2D eigenvalue weighted by Gasteiger charge is -2.18. The number of para-hydroxylation sites is 1. The number of aliphatic imine (C=N–C) groups is 1. The number of phenolic OH excluding ortho intramolecular Hbond substituents is 1. The molecule has 1 N–H and O–H groups in total. The van der Waals surface area contributed by atoms with E-state index in [-0.39, 0.29) is 10.6 Å². The molecule has 0 saturated carbocycles. The monoisotopic (exact) mass is 390 g/mol. The molecule has 0 saturated heterocycles. The van der Waals surface area contributed by atoms with E-state index in [2.05, 4.69) is 4.99 Å². The van der Waals surface area contributed by atoms with Crippen molar-refractivity contribution in [2.24, 2.45) is 4.99 Å². The van der Waals surface area contributed by atoms with Gasteiger partial charge in [-0.1, -0.05) is 32.0 Å². The van der Waals surface area contributed by atoms with E-state index >= 15 is 0 Å². The highest BCUT2D eigenvalue weighted by atomic mass is 32.2. The third kappa shape index (κ3) is 5.08. The number of rotatable bonds is 9. The molecule has 6 nitrogen and oxygen atoms in total. The maximum atomic E-state index is 12.5. The summed E-state index contributed by atoms with van der Waals surface area (Å²) in [4.78, 5) is 4.61. The summed E-state index contributed by atoms with van der Waals surface area (Å²) in [5.74, 6) is 0.483. The smallest absolute Gasteiger partial charge is 0.243 e. The summed E-state index contributed by atoms with van der Waals surface area (Å²) in [5, 5.41) is 10.2. The first-order valence-corrected chi connectivity index (χ1v) is 10.4. The third-order valence-corrected chi connectivity index (χ3v) is 6.16. The SMILES string of the molecule is CCOc1cccc(C=NCc2ccc(S(=O)(=O)N(CC)CC)cc2)c1O. The standard InChI is InChI=1S/C20H26N2O4S/c1-4-22(5-2)27(24,25)18-12-10-16(11-13-18)14-21-15-17-8-7-9-19(20(17)23)26-6-3/h7-13,15,23H,4-6,14H2,1-3H3. The van der Waals surface area contributed by atoms with Gasteiger partial charge in [0.15, 0.2) is 11.5 Å². The quantitative estimate of drug-likeness (QED) is 0.665. The van der Waals surface area contributed by atoms with Crippen LogP contribution in [0.15, 0.2) is 52.4 Å². The number of aromatic hydroxyl groups is 1. The Morgan fingerprint density at radius 1 is 1.07 bits per heavy atom. The number of nitrogens with zero attached hydrogens (tertiary/aromatic N) is 2. The maximum Gasteiger partial charge on any atom is 0.243 e. The highest BCUT2D eigenvalue weighted by Gasteiger charge is 2.20. The Hall–Kier alpha value is -2.38. The molecule has 0 fully saturated rings. The van der Waals surface area contributed by atoms with Crippen LogP contribution in [-0.4, -0.2) is 43.7 Å². The molecule has 0 bridgehead atoms. The predicted molar refractivity (Wildman–Crippen MR) is 107 cm³/mol. The molecule has 2 aromatic rings. The molecule has 0 aliphatic heterocycles. The van der Waals surface area contributed by atoms with Crippen molar-refractivity contribution in [1.29, 1.82) is 0 Å². The zero-order chi connectivity index (χ0) is 19.9. The van der Waals surface area contributed by atoms with E-state index in [1.807, 2.05) is 20.8 Å². The number of phenols is 1. The third-order valence-electron chi connectivity index (χ3n) is 4.10. The normalized spacial score (nSPS) is 12.0. The van der Waals surface area contributed by atoms with Crippen LogP contribution >= 0.6 is 0 Å². The van der Waals surface area contributed by atoms with Gasteiger partial charge in [0.1, 0.15) is 0 Å². The van der Waals surface area contributed by atoms with Gasteiger partial charge in [-0.3, -0.25) is 4.99 Å². The van der Waals surface area contributed by atoms with E-state index in [1.54, 1.807) is 48.7 Å². The number of hydrogen-bond donors (Lipinski definition) is 1. The Kier molecular flexibility index (Phi) is 7.38. The molecule has 0 heterocycles. The lowest BCUT2D eigenvalue weighted by Crippen LogP contribution is -2.30. The van der Waals surface area contributed by atoms with E-state index in [0.29, 0.717) is 37.6 Å². The van der Waals surface area contributed by atoms with Gasteiger partial charge in [-0.25, -0.2) is 8.42 Å². The lowest BCUT2D eigenvalue weighted by molar-refractivity contribution is 0.318. The van der Waals surface area contributed by atoms with Crippen molar-refractivity contribution in [1.82, 2.24) is 4.31 Å². The maximum absolute atomic E-state index is 12.5. The van der Waals surface area contributed by atoms with Crippen molar-refractivity contribution in [3.63, 3.8) is 0 Å². The van der Waals surface area contributed by atoms with Crippen LogP contribution in [0.1, 0.15) is 31.9 Å². The zero-order valence-corrected chi connectivity index (χ0v) is 16.7. The van der Waals surface area contributed by atoms with E-state index in [0.717, 1.165) is 5.56 Å². The van der Waals surface area contributed by atoms with Crippen molar-refractivity contribution in [3.8, 4) is 11.5 Å². The Morgan fingerprint density at radius 2 is 1.74 bits per heavy atom. The van der Waals surface area contributed by atoms with Crippen molar-refractivity contribution in [3.05, 3.63) is 53.6 Å². The van der Waals surface area contributed by atoms with Crippen LogP contribution in [0.25, 0.3) is 0 Å². The summed E-state index contributed by atoms with van der Waals surface area (Å²) in [6.45, 7) is 7.22. The van der Waals surface area contributed by atoms with E-state index < -0.39 is 10.0 Å². The van der Waals surface area contributed by atoms with E-state index in [1.165, 1.54) is 4.31 Å². The van der Waals surface area contributed by atoms with Crippen molar-refractivity contribution >= 4 is 16.2 Å². The second-order valence-electron chi connectivity index (χ2n) is 5.83. The Morgan fingerprint density at radius 3 is 2.33 bits per heavy atom. The minimum Gasteiger partial charge on any atom is -0.504 e. The summed E-state index contributed by atoms with van der Waals surface area (Å²) < 4.78 is 31.7. The summed E-state index contributed by atoms with van der Waals surface area (Å²) in [6.07, 6.45) is 1.58. The van der Waals surface area contributed by atoms with Gasteiger partial charge >= 0.3 is 0 Å². The highest BCUT2D eigenvalue weighted by molar-refractivity contribution is 7.89. The van der Waals surface area contributed by atoms with Crippen LogP contribution in [0.4, 0.5) is 0 Å². The number of benzene rings is 2. The minimum absolute atomic E-state index is 0.0590. The molecule has 0 aliphatic carbocycles. The average molecular weight is 391 g/mol. The molecular weight excluding hydrogens is 364 g/mol. The summed E-state index contributed by atoms with van der Waals surface area (Å²) in [7, 11) is -3.45. The molecule has 2 aromatic carbocycles. The fourth-order valence-electron chi connectivity index (χ4n) is 2.64. The molecule has 146 valence electrons. The van der Waals surface area contributed by atoms with Gasteiger partial charge in [0.2, 0.25) is 10.0 Å². The van der Waals surface area contributed by atoms with Crippen LogP contribution in [0, 0.1) is 0 Å². The second-order valence-corrected chi connectivity index (χ2v) is 7.77. The first-order chi connectivity index (χ1) is 12.9. The van der Waals surface area contributed by atoms with E-state index in [9.17, 15) is 13.5 Å². The highest BCUT2D eigenvalue weighted by Crippen LogP contribution is 2.28. The zero-order valence-electron chi connectivity index (χ0n) is 15.9. The molecule has 0 amide bonds. The minimum atomic E-state index is -3.45. The van der Waals surface area contributed by atoms with E-state index in [4.69, 9.17) is 4.74 Å². The van der Waals surface area contributed by atoms with Crippen LogP contribution < -0.4 is 4.74 Å². The molecule has 0 radical (unpaired) electrons. The molecule has 2 rings (SSSR count). The fraction of sp³-hybridized carbons (Fsp3) is 0.350. The number of hydrogen-bond acceptors (Lipinski definition) is 5. The molecular formula is C20H26N2O4S. The van der Waals surface area contributed by atoms with Crippen molar-refractivity contribution in [2.75, 3.05) is 19.7 Å². The molecule has 7 heteroatoms. The molecule has 0 atom stereocenters. The Balaban J connectivity index is 2.10. The largest absolute Gasteiger partial charge is 0.504 e. The average Bonchev–Trinajstić information content (AvgIpc) is 2.66. The second kappa shape index (κ2) is 9.53. The van der Waals surface area contributed by atoms with Gasteiger partial charge in [0.25, 0.3) is 0 Å². The van der Waals surface area contributed by atoms with Gasteiger partial charge in [-0.2, -0.15) is 4.31 Å². The summed E-state index contributed by atoms with van der Waals surface area (Å²) >= 11 is 0.